The Hall–Kier alpha value is -2.15. The highest BCUT2D eigenvalue weighted by molar-refractivity contribution is 14.0. The molecule has 0 atom stereocenters. The molecule has 29 heavy (non-hydrogen) atoms. The number of rotatable bonds is 9. The highest BCUT2D eigenvalue weighted by Crippen LogP contribution is 2.27. The van der Waals surface area contributed by atoms with Gasteiger partial charge in [-0.2, -0.15) is 13.2 Å². The van der Waals surface area contributed by atoms with Gasteiger partial charge in [0.15, 0.2) is 5.96 Å². The molecule has 0 amide bonds. The number of aliphatic imine (C=N–C) groups is 1. The summed E-state index contributed by atoms with van der Waals surface area (Å²) in [6, 6.07) is 10.7. The van der Waals surface area contributed by atoms with Gasteiger partial charge >= 0.3 is 6.18 Å². The van der Waals surface area contributed by atoms with E-state index in [0.29, 0.717) is 38.8 Å². The third kappa shape index (κ3) is 9.74. The first-order valence-electron chi connectivity index (χ1n) is 8.69. The Bertz CT molecular complexity index is 746. The van der Waals surface area contributed by atoms with Crippen LogP contribution in [0.25, 0.3) is 0 Å². The lowest BCUT2D eigenvalue weighted by Crippen LogP contribution is -2.41. The second kappa shape index (κ2) is 13.1. The van der Waals surface area contributed by atoms with Gasteiger partial charge in [-0.3, -0.25) is 4.99 Å². The van der Waals surface area contributed by atoms with E-state index in [-0.39, 0.29) is 29.9 Å². The number of halogens is 4. The molecule has 160 valence electrons. The van der Waals surface area contributed by atoms with Crippen LogP contribution in [0, 0.1) is 0 Å². The van der Waals surface area contributed by atoms with Crippen LogP contribution in [0.4, 0.5) is 19.1 Å². The normalized spacial score (nSPS) is 11.5. The Morgan fingerprint density at radius 3 is 2.48 bits per heavy atom. The summed E-state index contributed by atoms with van der Waals surface area (Å²) >= 11 is 0. The zero-order chi connectivity index (χ0) is 20.2. The van der Waals surface area contributed by atoms with E-state index in [4.69, 9.17) is 4.74 Å². The first kappa shape index (κ1) is 24.9. The molecule has 11 heteroatoms. The summed E-state index contributed by atoms with van der Waals surface area (Å²) in [4.78, 5) is 11.3. The smallest absolute Gasteiger partial charge is 0.375 e. The van der Waals surface area contributed by atoms with Crippen molar-refractivity contribution in [1.29, 1.82) is 0 Å². The number of hydrogen-bond donors (Lipinski definition) is 3. The molecule has 2 rings (SSSR count). The lowest BCUT2D eigenvalue weighted by Gasteiger charge is -2.13. The van der Waals surface area contributed by atoms with Gasteiger partial charge in [-0.05, 0) is 11.6 Å². The summed E-state index contributed by atoms with van der Waals surface area (Å²) in [6.45, 7) is 2.36. The molecule has 3 N–H and O–H groups in total. The molecule has 0 saturated carbocycles. The standard InChI is InChI=1S/C18H23F3N6O.HI/c1-22-16(26-11-12-28-13-14-5-3-2-4-6-14)24-9-10-25-17-23-8-7-15(27-17)18(19,20)21;/h2-8H,9-13H2,1H3,(H2,22,24,26)(H,23,25,27);1H. The van der Waals surface area contributed by atoms with E-state index in [2.05, 4.69) is 30.9 Å². The molecule has 1 aromatic carbocycles. The summed E-state index contributed by atoms with van der Waals surface area (Å²) in [5, 5.41) is 8.86. The van der Waals surface area contributed by atoms with Crippen molar-refractivity contribution < 1.29 is 17.9 Å². The minimum Gasteiger partial charge on any atom is -0.375 e. The highest BCUT2D eigenvalue weighted by atomic mass is 127. The molecule has 1 aromatic heterocycles. The van der Waals surface area contributed by atoms with Crippen molar-refractivity contribution in [3.05, 3.63) is 53.9 Å². The molecule has 0 spiro atoms. The number of nitrogens with one attached hydrogen (secondary N) is 3. The average molecular weight is 524 g/mol. The predicted molar refractivity (Wildman–Crippen MR) is 116 cm³/mol. The van der Waals surface area contributed by atoms with Crippen molar-refractivity contribution in [3.63, 3.8) is 0 Å². The molecule has 0 radical (unpaired) electrons. The number of benzene rings is 1. The zero-order valence-corrected chi connectivity index (χ0v) is 18.2. The largest absolute Gasteiger partial charge is 0.433 e. The van der Waals surface area contributed by atoms with Gasteiger partial charge in [-0.25, -0.2) is 9.97 Å². The monoisotopic (exact) mass is 524 g/mol. The van der Waals surface area contributed by atoms with E-state index in [0.717, 1.165) is 17.8 Å². The Morgan fingerprint density at radius 1 is 1.07 bits per heavy atom. The number of anilines is 1. The van der Waals surface area contributed by atoms with Gasteiger partial charge in [0, 0.05) is 32.9 Å². The van der Waals surface area contributed by atoms with Gasteiger partial charge in [0.2, 0.25) is 5.95 Å². The molecule has 0 saturated heterocycles. The van der Waals surface area contributed by atoms with E-state index in [1.165, 1.54) is 0 Å². The fourth-order valence-electron chi connectivity index (χ4n) is 2.18. The van der Waals surface area contributed by atoms with E-state index in [9.17, 15) is 13.2 Å². The van der Waals surface area contributed by atoms with Crippen molar-refractivity contribution in [2.24, 2.45) is 4.99 Å². The van der Waals surface area contributed by atoms with Gasteiger partial charge in [0.25, 0.3) is 0 Å². The quantitative estimate of drug-likeness (QED) is 0.203. The molecule has 0 bridgehead atoms. The molecule has 0 aliphatic carbocycles. The second-order valence-electron chi connectivity index (χ2n) is 5.65. The molecule has 0 aliphatic rings. The topological polar surface area (TPSA) is 83.5 Å². The van der Waals surface area contributed by atoms with Crippen molar-refractivity contribution in [2.75, 3.05) is 38.6 Å². The lowest BCUT2D eigenvalue weighted by atomic mass is 10.2. The van der Waals surface area contributed by atoms with Crippen LogP contribution in [0.5, 0.6) is 0 Å². The van der Waals surface area contributed by atoms with Crippen LogP contribution >= 0.6 is 24.0 Å². The fourth-order valence-corrected chi connectivity index (χ4v) is 2.18. The molecule has 0 unspecified atom stereocenters. The number of ether oxygens (including phenoxy) is 1. The Balaban J connectivity index is 0.00000420. The summed E-state index contributed by atoms with van der Waals surface area (Å²) < 4.78 is 43.4. The maximum absolute atomic E-state index is 12.6. The van der Waals surface area contributed by atoms with Crippen LogP contribution in [-0.4, -0.2) is 49.2 Å². The summed E-state index contributed by atoms with van der Waals surface area (Å²) in [6.07, 6.45) is -3.42. The van der Waals surface area contributed by atoms with Crippen LogP contribution in [0.2, 0.25) is 0 Å². The van der Waals surface area contributed by atoms with Crippen molar-refractivity contribution >= 4 is 35.9 Å². The van der Waals surface area contributed by atoms with Gasteiger partial charge < -0.3 is 20.7 Å². The molecule has 0 fully saturated rings. The Labute approximate surface area is 184 Å². The number of alkyl halides is 3. The first-order chi connectivity index (χ1) is 13.5. The van der Waals surface area contributed by atoms with Crippen molar-refractivity contribution in [3.8, 4) is 0 Å². The van der Waals surface area contributed by atoms with Crippen LogP contribution in [-0.2, 0) is 17.5 Å². The van der Waals surface area contributed by atoms with Crippen LogP contribution in [0.1, 0.15) is 11.3 Å². The minimum atomic E-state index is -4.49. The number of hydrogen-bond acceptors (Lipinski definition) is 5. The predicted octanol–water partition coefficient (Wildman–Crippen LogP) is 2.91. The van der Waals surface area contributed by atoms with Gasteiger partial charge in [0.1, 0.15) is 5.69 Å². The van der Waals surface area contributed by atoms with Gasteiger partial charge in [0.05, 0.1) is 13.2 Å². The molecule has 7 nitrogen and oxygen atoms in total. The number of guanidine groups is 1. The lowest BCUT2D eigenvalue weighted by molar-refractivity contribution is -0.141. The zero-order valence-electron chi connectivity index (χ0n) is 15.9. The second-order valence-corrected chi connectivity index (χ2v) is 5.65. The average Bonchev–Trinajstić information content (AvgIpc) is 2.69. The maximum atomic E-state index is 12.6. The molecular formula is C18H24F3IN6O. The fraction of sp³-hybridized carbons (Fsp3) is 0.389. The van der Waals surface area contributed by atoms with Crippen LogP contribution < -0.4 is 16.0 Å². The number of aromatic nitrogens is 2. The number of nitrogens with zero attached hydrogens (tertiary/aromatic N) is 3. The SMILES string of the molecule is CN=C(NCCNc1nccc(C(F)(F)F)n1)NCCOCc1ccccc1.I. The summed E-state index contributed by atoms with van der Waals surface area (Å²) in [7, 11) is 1.63. The van der Waals surface area contributed by atoms with E-state index in [1.54, 1.807) is 7.05 Å². The minimum absolute atomic E-state index is 0. The van der Waals surface area contributed by atoms with Crippen LogP contribution in [0.15, 0.2) is 47.6 Å². The summed E-state index contributed by atoms with van der Waals surface area (Å²) in [5.41, 5.74) is 0.124. The molecule has 1 heterocycles. The summed E-state index contributed by atoms with van der Waals surface area (Å²) in [5.74, 6) is 0.490. The highest BCUT2D eigenvalue weighted by Gasteiger charge is 2.32. The third-order valence-corrected chi connectivity index (χ3v) is 3.52. The molecule has 0 aliphatic heterocycles. The Morgan fingerprint density at radius 2 is 1.79 bits per heavy atom. The molecular weight excluding hydrogens is 500 g/mol. The van der Waals surface area contributed by atoms with Gasteiger partial charge in [-0.1, -0.05) is 30.3 Å². The van der Waals surface area contributed by atoms with E-state index in [1.807, 2.05) is 30.3 Å². The molecule has 2 aromatic rings. The van der Waals surface area contributed by atoms with Crippen molar-refractivity contribution in [2.45, 2.75) is 12.8 Å². The Kier molecular flexibility index (Phi) is 11.3. The first-order valence-corrected chi connectivity index (χ1v) is 8.69. The van der Waals surface area contributed by atoms with Crippen LogP contribution in [0.3, 0.4) is 0 Å². The van der Waals surface area contributed by atoms with Crippen molar-refractivity contribution in [1.82, 2.24) is 20.6 Å². The van der Waals surface area contributed by atoms with Gasteiger partial charge in [-0.15, -0.1) is 24.0 Å². The third-order valence-electron chi connectivity index (χ3n) is 3.52. The van der Waals surface area contributed by atoms with E-state index < -0.39 is 11.9 Å². The van der Waals surface area contributed by atoms with E-state index >= 15 is 0 Å². The maximum Gasteiger partial charge on any atom is 0.433 e.